The lowest BCUT2D eigenvalue weighted by Gasteiger charge is -2.33. The third kappa shape index (κ3) is 2.57. The summed E-state index contributed by atoms with van der Waals surface area (Å²) in [5.41, 5.74) is 3.93. The average Bonchev–Trinajstić information content (AvgIpc) is 3.00. The molecule has 0 amide bonds. The van der Waals surface area contributed by atoms with Gasteiger partial charge in [0, 0.05) is 11.9 Å². The number of aromatic nitrogens is 2. The number of quaternary nitrogens is 1. The van der Waals surface area contributed by atoms with Crippen LogP contribution in [0.2, 0.25) is 0 Å². The number of benzene rings is 1. The van der Waals surface area contributed by atoms with Gasteiger partial charge in [-0.2, -0.15) is 5.10 Å². The molecule has 4 rings (SSSR count). The SMILES string of the molecule is c1ccc(N2CC[NH+](Cc3cnn4ccccc34)CC2)cc1. The third-order valence-corrected chi connectivity index (χ3v) is 4.54. The Morgan fingerprint density at radius 1 is 0.955 bits per heavy atom. The Morgan fingerprint density at radius 3 is 2.55 bits per heavy atom. The van der Waals surface area contributed by atoms with Crippen molar-refractivity contribution in [2.45, 2.75) is 6.54 Å². The first-order valence-corrected chi connectivity index (χ1v) is 7.95. The van der Waals surface area contributed by atoms with E-state index in [0.29, 0.717) is 0 Å². The first-order chi connectivity index (χ1) is 10.9. The van der Waals surface area contributed by atoms with E-state index >= 15 is 0 Å². The molecule has 4 nitrogen and oxygen atoms in total. The summed E-state index contributed by atoms with van der Waals surface area (Å²) in [4.78, 5) is 4.13. The predicted molar refractivity (Wildman–Crippen MR) is 88.2 cm³/mol. The van der Waals surface area contributed by atoms with E-state index in [2.05, 4.69) is 52.5 Å². The minimum Gasteiger partial charge on any atom is -0.360 e. The van der Waals surface area contributed by atoms with Crippen molar-refractivity contribution in [1.82, 2.24) is 9.61 Å². The van der Waals surface area contributed by atoms with Gasteiger partial charge in [0.15, 0.2) is 0 Å². The highest BCUT2D eigenvalue weighted by molar-refractivity contribution is 5.52. The van der Waals surface area contributed by atoms with Crippen molar-refractivity contribution in [2.24, 2.45) is 0 Å². The van der Waals surface area contributed by atoms with Crippen molar-refractivity contribution >= 4 is 11.2 Å². The molecule has 3 aromatic rings. The maximum atomic E-state index is 4.44. The van der Waals surface area contributed by atoms with Gasteiger partial charge in [0.25, 0.3) is 0 Å². The van der Waals surface area contributed by atoms with Crippen LogP contribution in [0.25, 0.3) is 5.52 Å². The van der Waals surface area contributed by atoms with Gasteiger partial charge in [0.2, 0.25) is 0 Å². The maximum Gasteiger partial charge on any atom is 0.107 e. The Morgan fingerprint density at radius 2 is 1.73 bits per heavy atom. The van der Waals surface area contributed by atoms with Crippen molar-refractivity contribution in [3.05, 3.63) is 66.5 Å². The number of hydrogen-bond acceptors (Lipinski definition) is 2. The molecule has 1 aliphatic heterocycles. The Kier molecular flexibility index (Phi) is 3.52. The number of pyridine rings is 1. The van der Waals surface area contributed by atoms with Crippen LogP contribution in [0.5, 0.6) is 0 Å². The Hall–Kier alpha value is -2.33. The van der Waals surface area contributed by atoms with Crippen LogP contribution in [0, 0.1) is 0 Å². The van der Waals surface area contributed by atoms with Crippen molar-refractivity contribution in [2.75, 3.05) is 31.1 Å². The lowest BCUT2D eigenvalue weighted by Crippen LogP contribution is -3.13. The normalized spacial score (nSPS) is 16.3. The number of fused-ring (bicyclic) bond motifs is 1. The van der Waals surface area contributed by atoms with E-state index in [1.54, 1.807) is 4.90 Å². The summed E-state index contributed by atoms with van der Waals surface area (Å²) in [6, 6.07) is 17.0. The van der Waals surface area contributed by atoms with Gasteiger partial charge in [-0.25, -0.2) is 4.52 Å². The molecule has 0 aliphatic carbocycles. The van der Waals surface area contributed by atoms with Gasteiger partial charge in [0.1, 0.15) is 6.54 Å². The van der Waals surface area contributed by atoms with Crippen LogP contribution in [0.4, 0.5) is 5.69 Å². The van der Waals surface area contributed by atoms with Crippen LogP contribution in [-0.2, 0) is 6.54 Å². The van der Waals surface area contributed by atoms with Gasteiger partial charge in [-0.3, -0.25) is 0 Å². The molecular formula is C18H21N4+. The number of rotatable bonds is 3. The van der Waals surface area contributed by atoms with E-state index in [-0.39, 0.29) is 0 Å². The number of anilines is 1. The molecule has 1 aliphatic rings. The molecule has 4 heteroatoms. The molecule has 1 aromatic carbocycles. The fraction of sp³-hybridized carbons (Fsp3) is 0.278. The summed E-state index contributed by atoms with van der Waals surface area (Å²) in [5, 5.41) is 4.44. The molecule has 0 bridgehead atoms. The minimum atomic E-state index is 1.07. The average molecular weight is 293 g/mol. The molecule has 0 radical (unpaired) electrons. The molecule has 1 saturated heterocycles. The Labute approximate surface area is 130 Å². The summed E-state index contributed by atoms with van der Waals surface area (Å²) < 4.78 is 1.97. The summed E-state index contributed by atoms with van der Waals surface area (Å²) >= 11 is 0. The molecule has 22 heavy (non-hydrogen) atoms. The molecular weight excluding hydrogens is 272 g/mol. The Bertz CT molecular complexity index is 742. The van der Waals surface area contributed by atoms with E-state index in [4.69, 9.17) is 0 Å². The molecule has 1 N–H and O–H groups in total. The number of piperazine rings is 1. The van der Waals surface area contributed by atoms with Crippen molar-refractivity contribution in [3.8, 4) is 0 Å². The maximum absolute atomic E-state index is 4.44. The van der Waals surface area contributed by atoms with Crippen LogP contribution in [0.1, 0.15) is 5.56 Å². The number of hydrogen-bond donors (Lipinski definition) is 1. The third-order valence-electron chi connectivity index (χ3n) is 4.54. The van der Waals surface area contributed by atoms with E-state index < -0.39 is 0 Å². The topological polar surface area (TPSA) is 25.0 Å². The van der Waals surface area contributed by atoms with E-state index in [0.717, 1.165) is 19.6 Å². The summed E-state index contributed by atoms with van der Waals surface area (Å²) in [5.74, 6) is 0. The summed E-state index contributed by atoms with van der Waals surface area (Å²) in [6.45, 7) is 5.67. The lowest BCUT2D eigenvalue weighted by molar-refractivity contribution is -0.914. The second-order valence-corrected chi connectivity index (χ2v) is 5.95. The molecule has 112 valence electrons. The van der Waals surface area contributed by atoms with Crippen LogP contribution in [-0.4, -0.2) is 35.8 Å². The van der Waals surface area contributed by atoms with Crippen LogP contribution in [0.15, 0.2) is 60.9 Å². The van der Waals surface area contributed by atoms with Gasteiger partial charge < -0.3 is 9.80 Å². The van der Waals surface area contributed by atoms with Crippen LogP contribution >= 0.6 is 0 Å². The lowest BCUT2D eigenvalue weighted by atomic mass is 10.2. The second-order valence-electron chi connectivity index (χ2n) is 5.95. The van der Waals surface area contributed by atoms with Gasteiger partial charge in [-0.05, 0) is 24.3 Å². The first kappa shape index (κ1) is 13.3. The van der Waals surface area contributed by atoms with Gasteiger partial charge in [0.05, 0.1) is 43.5 Å². The van der Waals surface area contributed by atoms with Gasteiger partial charge >= 0.3 is 0 Å². The van der Waals surface area contributed by atoms with Crippen molar-refractivity contribution < 1.29 is 4.90 Å². The molecule has 0 atom stereocenters. The molecule has 2 aromatic heterocycles. The Balaban J connectivity index is 1.42. The minimum absolute atomic E-state index is 1.07. The van der Waals surface area contributed by atoms with E-state index in [1.807, 2.05) is 23.0 Å². The molecule has 0 saturated carbocycles. The second kappa shape index (κ2) is 5.81. The van der Waals surface area contributed by atoms with E-state index in [9.17, 15) is 0 Å². The highest BCUT2D eigenvalue weighted by Gasteiger charge is 2.21. The number of para-hydroxylation sites is 1. The quantitative estimate of drug-likeness (QED) is 0.786. The first-order valence-electron chi connectivity index (χ1n) is 7.95. The van der Waals surface area contributed by atoms with Crippen molar-refractivity contribution in [3.63, 3.8) is 0 Å². The van der Waals surface area contributed by atoms with Crippen molar-refractivity contribution in [1.29, 1.82) is 0 Å². The molecule has 3 heterocycles. The zero-order chi connectivity index (χ0) is 14.8. The smallest absolute Gasteiger partial charge is 0.107 e. The standard InChI is InChI=1S/C18H20N4/c1-2-6-17(7-3-1)21-12-10-20(11-13-21)15-16-14-19-22-9-5-4-8-18(16)22/h1-9,14H,10-13,15H2/p+1. The predicted octanol–water partition coefficient (Wildman–Crippen LogP) is 1.24. The molecule has 1 fully saturated rings. The fourth-order valence-electron chi connectivity index (χ4n) is 3.29. The molecule has 0 unspecified atom stereocenters. The van der Waals surface area contributed by atoms with Gasteiger partial charge in [-0.15, -0.1) is 0 Å². The highest BCUT2D eigenvalue weighted by atomic mass is 15.3. The summed E-state index contributed by atoms with van der Waals surface area (Å²) in [6.07, 6.45) is 4.04. The number of nitrogens with one attached hydrogen (secondary N) is 1. The fourth-order valence-corrected chi connectivity index (χ4v) is 3.29. The zero-order valence-corrected chi connectivity index (χ0v) is 12.7. The number of nitrogens with zero attached hydrogens (tertiary/aromatic N) is 3. The van der Waals surface area contributed by atoms with Gasteiger partial charge in [-0.1, -0.05) is 24.3 Å². The monoisotopic (exact) mass is 293 g/mol. The van der Waals surface area contributed by atoms with Crippen LogP contribution < -0.4 is 9.80 Å². The van der Waals surface area contributed by atoms with E-state index in [1.165, 1.54) is 29.9 Å². The highest BCUT2D eigenvalue weighted by Crippen LogP contribution is 2.13. The van der Waals surface area contributed by atoms with Crippen LogP contribution in [0.3, 0.4) is 0 Å². The summed E-state index contributed by atoms with van der Waals surface area (Å²) in [7, 11) is 0. The molecule has 0 spiro atoms. The zero-order valence-electron chi connectivity index (χ0n) is 12.7. The largest absolute Gasteiger partial charge is 0.360 e.